The number of carbonyl (C=O) groups excluding carboxylic acids is 1. The van der Waals surface area contributed by atoms with Crippen LogP contribution in [-0.4, -0.2) is 30.9 Å². The van der Waals surface area contributed by atoms with E-state index in [9.17, 15) is 4.79 Å². The zero-order valence-corrected chi connectivity index (χ0v) is 17.1. The van der Waals surface area contributed by atoms with Crippen molar-refractivity contribution in [3.8, 4) is 11.4 Å². The molecule has 6 rings (SSSR count). The summed E-state index contributed by atoms with van der Waals surface area (Å²) in [7, 11) is 0. The van der Waals surface area contributed by atoms with Gasteiger partial charge in [0.05, 0.1) is 24.3 Å². The summed E-state index contributed by atoms with van der Waals surface area (Å²) in [5.74, 6) is 0.832. The van der Waals surface area contributed by atoms with Crippen molar-refractivity contribution in [2.45, 2.75) is 19.0 Å². The summed E-state index contributed by atoms with van der Waals surface area (Å²) in [6.45, 7) is 0.404. The lowest BCUT2D eigenvalue weighted by atomic mass is 10.0. The molecule has 1 unspecified atom stereocenters. The third-order valence-corrected chi connectivity index (χ3v) is 5.91. The highest BCUT2D eigenvalue weighted by molar-refractivity contribution is 5.94. The van der Waals surface area contributed by atoms with Crippen LogP contribution in [0.2, 0.25) is 0 Å². The highest BCUT2D eigenvalue weighted by Crippen LogP contribution is 2.33. The van der Waals surface area contributed by atoms with Crippen LogP contribution in [0.15, 0.2) is 83.6 Å². The van der Waals surface area contributed by atoms with Crippen molar-refractivity contribution in [1.29, 1.82) is 0 Å². The number of aromatic nitrogens is 4. The van der Waals surface area contributed by atoms with Crippen molar-refractivity contribution >= 4 is 16.7 Å². The van der Waals surface area contributed by atoms with E-state index >= 15 is 0 Å². The Balaban J connectivity index is 1.37. The molecule has 1 aliphatic rings. The first-order chi connectivity index (χ1) is 15.8. The molecule has 1 amide bonds. The van der Waals surface area contributed by atoms with Gasteiger partial charge in [0, 0.05) is 17.5 Å². The topological polar surface area (TPSA) is 87.9 Å². The van der Waals surface area contributed by atoms with E-state index in [1.807, 2.05) is 60.7 Å². The summed E-state index contributed by atoms with van der Waals surface area (Å²) in [6.07, 6.45) is 2.17. The Morgan fingerprint density at radius 2 is 1.81 bits per heavy atom. The molecule has 0 spiro atoms. The van der Waals surface area contributed by atoms with Gasteiger partial charge in [-0.15, -0.1) is 0 Å². The number of carbonyl (C=O) groups is 1. The van der Waals surface area contributed by atoms with Gasteiger partial charge in [-0.3, -0.25) is 4.79 Å². The molecule has 3 heterocycles. The zero-order chi connectivity index (χ0) is 21.5. The second kappa shape index (κ2) is 7.46. The predicted molar refractivity (Wildman–Crippen MR) is 119 cm³/mol. The van der Waals surface area contributed by atoms with Crippen molar-refractivity contribution in [1.82, 2.24) is 25.0 Å². The van der Waals surface area contributed by atoms with Crippen LogP contribution in [0.4, 0.5) is 0 Å². The van der Waals surface area contributed by atoms with Crippen LogP contribution in [-0.2, 0) is 13.0 Å². The molecule has 0 saturated carbocycles. The van der Waals surface area contributed by atoms with Crippen molar-refractivity contribution in [2.75, 3.05) is 0 Å². The molecule has 7 heteroatoms. The number of H-pyrrole nitrogens is 1. The number of aromatic amines is 1. The van der Waals surface area contributed by atoms with Gasteiger partial charge in [0.15, 0.2) is 0 Å². The minimum atomic E-state index is -0.389. The Hall–Kier alpha value is -4.26. The maximum atomic E-state index is 13.3. The van der Waals surface area contributed by atoms with Gasteiger partial charge in [-0.2, -0.15) is 4.98 Å². The number of amides is 1. The van der Waals surface area contributed by atoms with Gasteiger partial charge in [0.25, 0.3) is 5.91 Å². The molecule has 0 aliphatic carbocycles. The van der Waals surface area contributed by atoms with Crippen LogP contribution in [0.25, 0.3) is 22.2 Å². The van der Waals surface area contributed by atoms with E-state index in [-0.39, 0.29) is 11.9 Å². The molecule has 1 atom stereocenters. The van der Waals surface area contributed by atoms with Crippen molar-refractivity contribution in [3.63, 3.8) is 0 Å². The number of hydrogen-bond acceptors (Lipinski definition) is 5. The predicted octanol–water partition coefficient (Wildman–Crippen LogP) is 4.55. The molecule has 3 aromatic carbocycles. The first-order valence-corrected chi connectivity index (χ1v) is 10.5. The highest BCUT2D eigenvalue weighted by atomic mass is 16.5. The number of hydrogen-bond donors (Lipinski definition) is 1. The molecule has 7 nitrogen and oxygen atoms in total. The fourth-order valence-corrected chi connectivity index (χ4v) is 4.23. The summed E-state index contributed by atoms with van der Waals surface area (Å²) in [6, 6.07) is 23.1. The fraction of sp³-hybridized carbons (Fsp3) is 0.120. The van der Waals surface area contributed by atoms with E-state index in [0.717, 1.165) is 27.7 Å². The Morgan fingerprint density at radius 1 is 1.00 bits per heavy atom. The summed E-state index contributed by atoms with van der Waals surface area (Å²) in [5, 5.41) is 6.48. The molecule has 0 saturated heterocycles. The van der Waals surface area contributed by atoms with E-state index in [0.29, 0.717) is 30.2 Å². The zero-order valence-electron chi connectivity index (χ0n) is 17.1. The molecule has 1 N–H and O–H groups in total. The van der Waals surface area contributed by atoms with Crippen LogP contribution in [0.1, 0.15) is 33.7 Å². The van der Waals surface area contributed by atoms with Gasteiger partial charge >= 0.3 is 0 Å². The maximum Gasteiger partial charge on any atom is 0.254 e. The molecule has 156 valence electrons. The summed E-state index contributed by atoms with van der Waals surface area (Å²) < 4.78 is 5.69. The smallest absolute Gasteiger partial charge is 0.254 e. The fourth-order valence-electron chi connectivity index (χ4n) is 4.23. The highest BCUT2D eigenvalue weighted by Gasteiger charge is 2.36. The van der Waals surface area contributed by atoms with Crippen LogP contribution < -0.4 is 0 Å². The number of imidazole rings is 1. The van der Waals surface area contributed by atoms with Gasteiger partial charge in [0.1, 0.15) is 6.04 Å². The number of fused-ring (bicyclic) bond motifs is 2. The number of benzene rings is 3. The standard InChI is InChI=1S/C25H19N5O2/c31-25(17-7-2-1-3-8-17)30-14-21-20(26-15-27-21)13-22(30)24-28-23(29-32-24)19-11-10-16-6-4-5-9-18(16)12-19/h1-12,15,22H,13-14H2,(H,26,27). The largest absolute Gasteiger partial charge is 0.347 e. The number of nitrogens with zero attached hydrogens (tertiary/aromatic N) is 4. The van der Waals surface area contributed by atoms with Gasteiger partial charge < -0.3 is 14.4 Å². The molecule has 0 bridgehead atoms. The lowest BCUT2D eigenvalue weighted by molar-refractivity contribution is 0.0590. The van der Waals surface area contributed by atoms with Crippen LogP contribution in [0.5, 0.6) is 0 Å². The molecule has 32 heavy (non-hydrogen) atoms. The lowest BCUT2D eigenvalue weighted by Gasteiger charge is -2.32. The monoisotopic (exact) mass is 421 g/mol. The quantitative estimate of drug-likeness (QED) is 0.462. The summed E-state index contributed by atoms with van der Waals surface area (Å²) >= 11 is 0. The second-order valence-electron chi connectivity index (χ2n) is 7.86. The molecule has 0 fully saturated rings. The van der Waals surface area contributed by atoms with Crippen LogP contribution in [0, 0.1) is 0 Å². The van der Waals surface area contributed by atoms with Gasteiger partial charge in [-0.05, 0) is 29.0 Å². The van der Waals surface area contributed by atoms with E-state index in [4.69, 9.17) is 4.52 Å². The second-order valence-corrected chi connectivity index (χ2v) is 7.86. The molecule has 2 aromatic heterocycles. The Labute approximate surface area is 183 Å². The average Bonchev–Trinajstić information content (AvgIpc) is 3.52. The van der Waals surface area contributed by atoms with Crippen molar-refractivity contribution in [2.24, 2.45) is 0 Å². The number of rotatable bonds is 3. The van der Waals surface area contributed by atoms with Gasteiger partial charge in [-0.25, -0.2) is 4.98 Å². The minimum absolute atomic E-state index is 0.0821. The Morgan fingerprint density at radius 3 is 2.69 bits per heavy atom. The third kappa shape index (κ3) is 3.15. The summed E-state index contributed by atoms with van der Waals surface area (Å²) in [5.41, 5.74) is 3.34. The number of nitrogens with one attached hydrogen (secondary N) is 1. The van der Waals surface area contributed by atoms with Crippen molar-refractivity contribution < 1.29 is 9.32 Å². The van der Waals surface area contributed by atoms with E-state index < -0.39 is 0 Å². The average molecular weight is 421 g/mol. The van der Waals surface area contributed by atoms with Gasteiger partial charge in [0.2, 0.25) is 11.7 Å². The third-order valence-electron chi connectivity index (χ3n) is 5.91. The van der Waals surface area contributed by atoms with E-state index in [1.165, 1.54) is 0 Å². The van der Waals surface area contributed by atoms with Crippen molar-refractivity contribution in [3.05, 3.63) is 102 Å². The molecule has 5 aromatic rings. The molecular weight excluding hydrogens is 402 g/mol. The minimum Gasteiger partial charge on any atom is -0.347 e. The molecule has 0 radical (unpaired) electrons. The van der Waals surface area contributed by atoms with Crippen LogP contribution >= 0.6 is 0 Å². The first-order valence-electron chi connectivity index (χ1n) is 10.5. The van der Waals surface area contributed by atoms with E-state index in [1.54, 1.807) is 11.2 Å². The molecular formula is C25H19N5O2. The maximum absolute atomic E-state index is 13.3. The van der Waals surface area contributed by atoms with Gasteiger partial charge in [-0.1, -0.05) is 59.8 Å². The molecule has 1 aliphatic heterocycles. The summed E-state index contributed by atoms with van der Waals surface area (Å²) in [4.78, 5) is 27.4. The lowest BCUT2D eigenvalue weighted by Crippen LogP contribution is -2.39. The normalized spacial score (nSPS) is 15.6. The first kappa shape index (κ1) is 18.5. The van der Waals surface area contributed by atoms with E-state index in [2.05, 4.69) is 32.2 Å². The Bertz CT molecular complexity index is 1420. The Kier molecular flexibility index (Phi) is 4.31. The SMILES string of the molecule is O=C(c1ccccc1)N1Cc2[nH]cnc2CC1c1nc(-c2ccc3ccccc3c2)no1. The van der Waals surface area contributed by atoms with Crippen LogP contribution in [0.3, 0.4) is 0 Å².